The molecule has 0 unspecified atom stereocenters. The molecular weight excluding hydrogens is 947 g/mol. The summed E-state index contributed by atoms with van der Waals surface area (Å²) in [5, 5.41) is 2.60. The number of allylic oxidation sites excluding steroid dienone is 5. The first-order chi connectivity index (χ1) is 38.1. The molecule has 364 valence electrons. The maximum absolute atomic E-state index is 4.85. The van der Waals surface area contributed by atoms with Crippen LogP contribution in [0.4, 0.5) is 17.1 Å². The van der Waals surface area contributed by atoms with Crippen LogP contribution in [0.1, 0.15) is 50.1 Å². The normalized spacial score (nSPS) is 15.3. The Morgan fingerprint density at radius 3 is 1.61 bits per heavy atom. The average Bonchev–Trinajstić information content (AvgIpc) is 4.21. The van der Waals surface area contributed by atoms with E-state index in [2.05, 4.69) is 302 Å². The maximum atomic E-state index is 4.85. The van der Waals surface area contributed by atoms with Crippen LogP contribution in [0.5, 0.6) is 0 Å². The van der Waals surface area contributed by atoms with Crippen molar-refractivity contribution < 1.29 is 0 Å². The van der Waals surface area contributed by atoms with E-state index in [-0.39, 0.29) is 0 Å². The summed E-state index contributed by atoms with van der Waals surface area (Å²) < 4.78 is 2.61. The quantitative estimate of drug-likeness (QED) is 0.139. The molecule has 0 atom stereocenters. The van der Waals surface area contributed by atoms with Gasteiger partial charge in [-0.25, -0.2) is 0 Å². The van der Waals surface area contributed by atoms with Gasteiger partial charge in [-0.3, -0.25) is 0 Å². The minimum absolute atomic E-state index is 0.546. The fourth-order valence-electron chi connectivity index (χ4n) is 12.9. The first-order valence-corrected chi connectivity index (χ1v) is 27.4. The van der Waals surface area contributed by atoms with Gasteiger partial charge in [-0.05, 0) is 132 Å². The van der Waals surface area contributed by atoms with Gasteiger partial charge in [0.05, 0.1) is 10.8 Å². The molecule has 1 nitrogen and oxygen atoms in total. The maximum Gasteiger partial charge on any atom is 0.0714 e. The van der Waals surface area contributed by atoms with Crippen molar-refractivity contribution in [3.8, 4) is 22.3 Å². The highest BCUT2D eigenvalue weighted by Crippen LogP contribution is 2.57. The molecule has 14 rings (SSSR count). The molecule has 0 saturated carbocycles. The predicted molar refractivity (Wildman–Crippen MR) is 326 cm³/mol. The molecule has 0 spiro atoms. The van der Waals surface area contributed by atoms with Gasteiger partial charge in [-0.1, -0.05) is 261 Å². The van der Waals surface area contributed by atoms with E-state index in [0.29, 0.717) is 0 Å². The van der Waals surface area contributed by atoms with Crippen molar-refractivity contribution in [1.29, 1.82) is 0 Å². The van der Waals surface area contributed by atoms with E-state index in [9.17, 15) is 0 Å². The largest absolute Gasteiger partial charge is 0.310 e. The van der Waals surface area contributed by atoms with Crippen molar-refractivity contribution in [2.75, 3.05) is 4.90 Å². The summed E-state index contributed by atoms with van der Waals surface area (Å²) in [6.07, 6.45) is 7.47. The standard InChI is InChI=1S/C75H53NS/c1-52-23-20-25-54(49-56-24-14-17-40-69(56)74(52,57-27-6-2-7-28-57)58-29-8-3-9-30-58)53-43-45-61(46-44-53)76(62-35-21-26-55(50-62)64-38-22-39-68-67-37-16-19-42-72(67)77-73(64)68)63-47-48-66-65-36-15-18-41-70(65)75(71(66)51-63,59-31-10-4-11-32-59)60-33-12-5-13-34-60/h2-48,50-51H,1,49H2/b23-20-,54-25+. The topological polar surface area (TPSA) is 3.24 Å². The van der Waals surface area contributed by atoms with E-state index < -0.39 is 10.8 Å². The van der Waals surface area contributed by atoms with Crippen LogP contribution in [0.3, 0.4) is 0 Å². The molecule has 11 aromatic carbocycles. The number of hydrogen-bond acceptors (Lipinski definition) is 2. The number of rotatable bonds is 9. The van der Waals surface area contributed by atoms with Crippen LogP contribution in [-0.4, -0.2) is 0 Å². The molecule has 1 heterocycles. The van der Waals surface area contributed by atoms with Crippen molar-refractivity contribution in [3.05, 3.63) is 360 Å². The predicted octanol–water partition coefficient (Wildman–Crippen LogP) is 19.6. The third kappa shape index (κ3) is 7.51. The second-order valence-electron chi connectivity index (χ2n) is 20.4. The molecule has 0 N–H and O–H groups in total. The van der Waals surface area contributed by atoms with Gasteiger partial charge in [0.15, 0.2) is 0 Å². The van der Waals surface area contributed by atoms with E-state index in [1.807, 2.05) is 11.3 Å². The zero-order valence-electron chi connectivity index (χ0n) is 42.6. The SMILES string of the molecule is C=C1/C=C\C=C(\c2ccc(N(c3cccc(-c4cccc5c4sc4ccccc45)c3)c3ccc4c(c3)C(c3ccccc3)(c3ccccc3)c3ccccc3-4)cc2)Cc2ccccc2C1(c1ccccc1)c1ccccc1. The molecule has 0 aliphatic heterocycles. The first-order valence-electron chi connectivity index (χ1n) is 26.6. The van der Waals surface area contributed by atoms with Gasteiger partial charge < -0.3 is 4.90 Å². The summed E-state index contributed by atoms with van der Waals surface area (Å²) in [4.78, 5) is 2.47. The number of benzene rings is 11. The van der Waals surface area contributed by atoms with Gasteiger partial charge in [0.1, 0.15) is 0 Å². The van der Waals surface area contributed by atoms with Gasteiger partial charge in [0.2, 0.25) is 0 Å². The minimum atomic E-state index is -0.587. The second-order valence-corrected chi connectivity index (χ2v) is 21.4. The molecular formula is C75H53NS. The van der Waals surface area contributed by atoms with E-state index in [1.165, 1.54) is 98.1 Å². The van der Waals surface area contributed by atoms with Gasteiger partial charge in [0.25, 0.3) is 0 Å². The Morgan fingerprint density at radius 1 is 0.377 bits per heavy atom. The van der Waals surface area contributed by atoms with Crippen LogP contribution in [0, 0.1) is 0 Å². The van der Waals surface area contributed by atoms with Crippen molar-refractivity contribution in [2.45, 2.75) is 17.3 Å². The van der Waals surface area contributed by atoms with Crippen molar-refractivity contribution in [2.24, 2.45) is 0 Å². The fourth-order valence-corrected chi connectivity index (χ4v) is 14.2. The molecule has 2 aliphatic carbocycles. The number of hydrogen-bond donors (Lipinski definition) is 0. The molecule has 12 aromatic rings. The van der Waals surface area contributed by atoms with Crippen molar-refractivity contribution >= 4 is 54.1 Å². The van der Waals surface area contributed by atoms with Crippen LogP contribution >= 0.6 is 11.3 Å². The summed E-state index contributed by atoms with van der Waals surface area (Å²) in [5.74, 6) is 0. The summed E-state index contributed by atoms with van der Waals surface area (Å²) in [7, 11) is 0. The highest BCUT2D eigenvalue weighted by molar-refractivity contribution is 7.26. The monoisotopic (exact) mass is 999 g/mol. The Hall–Kier alpha value is -9.34. The van der Waals surface area contributed by atoms with Gasteiger partial charge in [0, 0.05) is 37.2 Å². The van der Waals surface area contributed by atoms with Crippen LogP contribution in [0.25, 0.3) is 48.0 Å². The summed E-state index contributed by atoms with van der Waals surface area (Å²) in [6, 6.07) is 103. The third-order valence-corrected chi connectivity index (χ3v) is 17.5. The molecule has 1 aromatic heterocycles. The first kappa shape index (κ1) is 46.2. The number of nitrogens with zero attached hydrogens (tertiary/aromatic N) is 1. The van der Waals surface area contributed by atoms with Crippen LogP contribution in [-0.2, 0) is 17.3 Å². The molecule has 0 fully saturated rings. The van der Waals surface area contributed by atoms with E-state index in [1.54, 1.807) is 0 Å². The minimum Gasteiger partial charge on any atom is -0.310 e. The molecule has 0 amide bonds. The molecule has 0 radical (unpaired) electrons. The Labute approximate surface area is 455 Å². The lowest BCUT2D eigenvalue weighted by Gasteiger charge is -2.38. The number of anilines is 3. The zero-order chi connectivity index (χ0) is 51.3. The molecule has 0 saturated heterocycles. The highest BCUT2D eigenvalue weighted by atomic mass is 32.1. The lowest BCUT2D eigenvalue weighted by molar-refractivity contribution is 0.738. The fraction of sp³-hybridized carbons (Fsp3) is 0.0400. The molecule has 2 aliphatic rings. The number of fused-ring (bicyclic) bond motifs is 7. The van der Waals surface area contributed by atoms with Crippen molar-refractivity contribution in [1.82, 2.24) is 0 Å². The molecule has 2 heteroatoms. The Morgan fingerprint density at radius 2 is 0.909 bits per heavy atom. The Kier molecular flexibility index (Phi) is 11.5. The van der Waals surface area contributed by atoms with Gasteiger partial charge >= 0.3 is 0 Å². The average molecular weight is 1000 g/mol. The smallest absolute Gasteiger partial charge is 0.0714 e. The molecule has 0 bridgehead atoms. The van der Waals surface area contributed by atoms with E-state index in [0.717, 1.165) is 29.1 Å². The van der Waals surface area contributed by atoms with Crippen LogP contribution in [0.2, 0.25) is 0 Å². The summed E-state index contributed by atoms with van der Waals surface area (Å²) in [5.41, 5.74) is 20.5. The Balaban J connectivity index is 0.931. The highest BCUT2D eigenvalue weighted by Gasteiger charge is 2.46. The summed E-state index contributed by atoms with van der Waals surface area (Å²) >= 11 is 1.88. The third-order valence-electron chi connectivity index (χ3n) is 16.3. The number of thiophene rings is 1. The zero-order valence-corrected chi connectivity index (χ0v) is 43.4. The molecule has 77 heavy (non-hydrogen) atoms. The lowest BCUT2D eigenvalue weighted by Crippen LogP contribution is -2.32. The van der Waals surface area contributed by atoms with Crippen LogP contribution < -0.4 is 4.90 Å². The van der Waals surface area contributed by atoms with Crippen LogP contribution in [0.15, 0.2) is 309 Å². The van der Waals surface area contributed by atoms with E-state index in [4.69, 9.17) is 6.58 Å². The lowest BCUT2D eigenvalue weighted by atomic mass is 9.63. The Bertz CT molecular complexity index is 4160. The van der Waals surface area contributed by atoms with Crippen molar-refractivity contribution in [3.63, 3.8) is 0 Å². The van der Waals surface area contributed by atoms with Gasteiger partial charge in [-0.15, -0.1) is 11.3 Å². The van der Waals surface area contributed by atoms with E-state index >= 15 is 0 Å². The second kappa shape index (κ2) is 19.1. The summed E-state index contributed by atoms with van der Waals surface area (Å²) in [6.45, 7) is 4.85. The van der Waals surface area contributed by atoms with Gasteiger partial charge in [-0.2, -0.15) is 0 Å².